The van der Waals surface area contributed by atoms with Gasteiger partial charge in [0.05, 0.1) is 24.1 Å². The lowest BCUT2D eigenvalue weighted by atomic mass is 9.97. The van der Waals surface area contributed by atoms with Crippen LogP contribution in [0.3, 0.4) is 0 Å². The molecule has 0 saturated carbocycles. The zero-order chi connectivity index (χ0) is 19.1. The predicted octanol–water partition coefficient (Wildman–Crippen LogP) is 1.04. The van der Waals surface area contributed by atoms with Crippen molar-refractivity contribution >= 4 is 17.4 Å². The molecule has 3 heterocycles. The van der Waals surface area contributed by atoms with Crippen LogP contribution in [0, 0.1) is 16.0 Å². The van der Waals surface area contributed by atoms with Crippen molar-refractivity contribution in [3.63, 3.8) is 0 Å². The molecule has 9 nitrogen and oxygen atoms in total. The molecular formula is C18H27N5O4. The highest BCUT2D eigenvalue weighted by atomic mass is 16.6. The first-order chi connectivity index (χ1) is 13.1. The number of hydrogen-bond acceptors (Lipinski definition) is 7. The van der Waals surface area contributed by atoms with Gasteiger partial charge in [-0.25, -0.2) is 4.98 Å². The van der Waals surface area contributed by atoms with Crippen LogP contribution in [-0.2, 0) is 9.53 Å². The molecule has 1 N–H and O–H groups in total. The van der Waals surface area contributed by atoms with E-state index in [4.69, 9.17) is 4.74 Å². The van der Waals surface area contributed by atoms with Crippen molar-refractivity contribution in [2.45, 2.75) is 19.3 Å². The average molecular weight is 377 g/mol. The Bertz CT molecular complexity index is 633. The monoisotopic (exact) mass is 377 g/mol. The SMILES string of the molecule is O=C(NCCCN1CCOCC1)[C@H]1CCCN(c2ccc([N+](=O)[O-])cn2)C1. The number of hydrogen-bond donors (Lipinski definition) is 1. The number of morpholine rings is 1. The molecule has 2 aliphatic rings. The molecule has 0 unspecified atom stereocenters. The summed E-state index contributed by atoms with van der Waals surface area (Å²) in [6.45, 7) is 6.59. The van der Waals surface area contributed by atoms with Gasteiger partial charge >= 0.3 is 0 Å². The summed E-state index contributed by atoms with van der Waals surface area (Å²) >= 11 is 0. The molecule has 1 atom stereocenters. The number of anilines is 1. The smallest absolute Gasteiger partial charge is 0.287 e. The highest BCUT2D eigenvalue weighted by molar-refractivity contribution is 5.79. The van der Waals surface area contributed by atoms with Gasteiger partial charge in [-0.1, -0.05) is 0 Å². The van der Waals surface area contributed by atoms with Gasteiger partial charge in [-0.3, -0.25) is 19.8 Å². The number of piperidine rings is 1. The van der Waals surface area contributed by atoms with Crippen LogP contribution >= 0.6 is 0 Å². The first-order valence-electron chi connectivity index (χ1n) is 9.56. The normalized spacial score (nSPS) is 21.0. The van der Waals surface area contributed by atoms with Gasteiger partial charge in [0.25, 0.3) is 5.69 Å². The highest BCUT2D eigenvalue weighted by Crippen LogP contribution is 2.23. The van der Waals surface area contributed by atoms with Crippen LogP contribution in [0.2, 0.25) is 0 Å². The largest absolute Gasteiger partial charge is 0.379 e. The van der Waals surface area contributed by atoms with E-state index >= 15 is 0 Å². The quantitative estimate of drug-likeness (QED) is 0.430. The number of aromatic nitrogens is 1. The van der Waals surface area contributed by atoms with E-state index < -0.39 is 4.92 Å². The standard InChI is InChI=1S/C18H27N5O4/c24-18(19-6-2-7-21-9-11-27-12-10-21)15-3-1-8-22(14-15)17-5-4-16(13-20-17)23(25)26/h4-5,13,15H,1-3,6-12,14H2,(H,19,24)/t15-/m0/s1. The van der Waals surface area contributed by atoms with Gasteiger partial charge in [-0.15, -0.1) is 0 Å². The summed E-state index contributed by atoms with van der Waals surface area (Å²) in [7, 11) is 0. The molecule has 0 aromatic carbocycles. The molecule has 2 fully saturated rings. The van der Waals surface area contributed by atoms with Gasteiger partial charge in [0.15, 0.2) is 0 Å². The molecule has 1 amide bonds. The van der Waals surface area contributed by atoms with Gasteiger partial charge in [-0.2, -0.15) is 0 Å². The maximum absolute atomic E-state index is 12.5. The first kappa shape index (κ1) is 19.5. The molecular weight excluding hydrogens is 350 g/mol. The third-order valence-corrected chi connectivity index (χ3v) is 5.11. The minimum atomic E-state index is -0.458. The van der Waals surface area contributed by atoms with Crippen molar-refractivity contribution in [1.29, 1.82) is 0 Å². The molecule has 2 saturated heterocycles. The van der Waals surface area contributed by atoms with E-state index in [1.807, 2.05) is 4.90 Å². The number of nitrogens with one attached hydrogen (secondary N) is 1. The van der Waals surface area contributed by atoms with Crippen LogP contribution in [0.4, 0.5) is 11.5 Å². The number of carbonyl (C=O) groups excluding carboxylic acids is 1. The van der Waals surface area contributed by atoms with E-state index in [1.165, 1.54) is 12.3 Å². The Morgan fingerprint density at radius 2 is 2.15 bits per heavy atom. The summed E-state index contributed by atoms with van der Waals surface area (Å²) in [6.07, 6.45) is 3.97. The fourth-order valence-corrected chi connectivity index (χ4v) is 3.56. The summed E-state index contributed by atoms with van der Waals surface area (Å²) in [6, 6.07) is 3.11. The minimum absolute atomic E-state index is 0.0229. The van der Waals surface area contributed by atoms with E-state index in [0.717, 1.165) is 58.7 Å². The molecule has 0 radical (unpaired) electrons. The number of carbonyl (C=O) groups is 1. The van der Waals surface area contributed by atoms with E-state index in [9.17, 15) is 14.9 Å². The molecule has 3 rings (SSSR count). The zero-order valence-electron chi connectivity index (χ0n) is 15.5. The Kier molecular flexibility index (Phi) is 6.94. The Morgan fingerprint density at radius 1 is 1.33 bits per heavy atom. The van der Waals surface area contributed by atoms with Crippen molar-refractivity contribution < 1.29 is 14.5 Å². The molecule has 148 valence electrons. The summed E-state index contributed by atoms with van der Waals surface area (Å²) < 4.78 is 5.33. The van der Waals surface area contributed by atoms with Crippen molar-refractivity contribution in [3.05, 3.63) is 28.4 Å². The highest BCUT2D eigenvalue weighted by Gasteiger charge is 2.26. The van der Waals surface area contributed by atoms with Crippen LogP contribution < -0.4 is 10.2 Å². The number of rotatable bonds is 7. The molecule has 27 heavy (non-hydrogen) atoms. The van der Waals surface area contributed by atoms with Gasteiger partial charge in [0.2, 0.25) is 5.91 Å². The number of pyridine rings is 1. The molecule has 0 aliphatic carbocycles. The topological polar surface area (TPSA) is 101 Å². The van der Waals surface area contributed by atoms with E-state index in [1.54, 1.807) is 6.07 Å². The maximum Gasteiger partial charge on any atom is 0.287 e. The van der Waals surface area contributed by atoms with Crippen LogP contribution in [-0.4, -0.2) is 73.2 Å². The molecule has 0 bridgehead atoms. The third-order valence-electron chi connectivity index (χ3n) is 5.11. The van der Waals surface area contributed by atoms with E-state index in [-0.39, 0.29) is 17.5 Å². The fourth-order valence-electron chi connectivity index (χ4n) is 3.56. The molecule has 2 aliphatic heterocycles. The number of nitrogens with zero attached hydrogens (tertiary/aromatic N) is 4. The lowest BCUT2D eigenvalue weighted by Crippen LogP contribution is -2.44. The van der Waals surface area contributed by atoms with E-state index in [0.29, 0.717) is 18.9 Å². The van der Waals surface area contributed by atoms with Crippen molar-refractivity contribution in [2.75, 3.05) is 57.4 Å². The number of ether oxygens (including phenoxy) is 1. The lowest BCUT2D eigenvalue weighted by molar-refractivity contribution is -0.385. The fraction of sp³-hybridized carbons (Fsp3) is 0.667. The predicted molar refractivity (Wildman–Crippen MR) is 101 cm³/mol. The van der Waals surface area contributed by atoms with Crippen LogP contribution in [0.25, 0.3) is 0 Å². The summed E-state index contributed by atoms with van der Waals surface area (Å²) in [5.74, 6) is 0.702. The summed E-state index contributed by atoms with van der Waals surface area (Å²) in [5.41, 5.74) is -0.0229. The average Bonchev–Trinajstić information content (AvgIpc) is 2.72. The Labute approximate surface area is 158 Å². The molecule has 1 aromatic heterocycles. The van der Waals surface area contributed by atoms with Gasteiger partial charge in [-0.05, 0) is 31.9 Å². The third kappa shape index (κ3) is 5.61. The summed E-state index contributed by atoms with van der Waals surface area (Å²) in [4.78, 5) is 31.3. The second kappa shape index (κ2) is 9.61. The number of amides is 1. The van der Waals surface area contributed by atoms with E-state index in [2.05, 4.69) is 15.2 Å². The van der Waals surface area contributed by atoms with Gasteiger partial charge in [0.1, 0.15) is 12.0 Å². The van der Waals surface area contributed by atoms with Crippen molar-refractivity contribution in [3.8, 4) is 0 Å². The Hall–Kier alpha value is -2.26. The number of nitro groups is 1. The van der Waals surface area contributed by atoms with Crippen LogP contribution in [0.5, 0.6) is 0 Å². The zero-order valence-corrected chi connectivity index (χ0v) is 15.5. The lowest BCUT2D eigenvalue weighted by Gasteiger charge is -2.33. The Morgan fingerprint density at radius 3 is 2.85 bits per heavy atom. The first-order valence-corrected chi connectivity index (χ1v) is 9.56. The Balaban J connectivity index is 1.42. The van der Waals surface area contributed by atoms with Gasteiger partial charge in [0, 0.05) is 38.8 Å². The van der Waals surface area contributed by atoms with Crippen LogP contribution in [0.15, 0.2) is 18.3 Å². The molecule has 0 spiro atoms. The minimum Gasteiger partial charge on any atom is -0.379 e. The van der Waals surface area contributed by atoms with Crippen LogP contribution in [0.1, 0.15) is 19.3 Å². The summed E-state index contributed by atoms with van der Waals surface area (Å²) in [5, 5.41) is 13.8. The maximum atomic E-state index is 12.5. The second-order valence-electron chi connectivity index (χ2n) is 7.02. The van der Waals surface area contributed by atoms with Crippen molar-refractivity contribution in [1.82, 2.24) is 15.2 Å². The molecule has 1 aromatic rings. The van der Waals surface area contributed by atoms with Gasteiger partial charge < -0.3 is 15.0 Å². The second-order valence-corrected chi connectivity index (χ2v) is 7.02. The molecule has 9 heteroatoms. The van der Waals surface area contributed by atoms with Crippen molar-refractivity contribution in [2.24, 2.45) is 5.92 Å².